The molecule has 2 aromatic rings. The average Bonchev–Trinajstić information content (AvgIpc) is 3.06. The quantitative estimate of drug-likeness (QED) is 0.242. The predicted molar refractivity (Wildman–Crippen MR) is 97.4 cm³/mol. The number of aromatic amines is 1. The highest BCUT2D eigenvalue weighted by molar-refractivity contribution is 7.99. The van der Waals surface area contributed by atoms with Crippen molar-refractivity contribution >= 4 is 29.3 Å². The molecule has 1 aromatic heterocycles. The lowest BCUT2D eigenvalue weighted by atomic mass is 10.2. The molecule has 4 N–H and O–H groups in total. The van der Waals surface area contributed by atoms with Gasteiger partial charge < -0.3 is 15.6 Å². The molecule has 5 nitrogen and oxygen atoms in total. The third kappa shape index (κ3) is 7.43. The number of halogens is 1. The predicted octanol–water partition coefficient (Wildman–Crippen LogP) is 3.29. The van der Waals surface area contributed by atoms with Crippen molar-refractivity contribution in [3.8, 4) is 0 Å². The fourth-order valence-electron chi connectivity index (χ4n) is 1.98. The van der Waals surface area contributed by atoms with E-state index in [1.165, 1.54) is 4.90 Å². The van der Waals surface area contributed by atoms with Crippen molar-refractivity contribution in [1.82, 2.24) is 20.6 Å². The van der Waals surface area contributed by atoms with Gasteiger partial charge in [-0.2, -0.15) is 0 Å². The van der Waals surface area contributed by atoms with Crippen LogP contribution in [-0.4, -0.2) is 34.8 Å². The Morgan fingerprint density at radius 2 is 1.91 bits per heavy atom. The lowest BCUT2D eigenvalue weighted by Crippen LogP contribution is -2.37. The zero-order valence-electron chi connectivity index (χ0n) is 12.9. The van der Waals surface area contributed by atoms with Gasteiger partial charge >= 0.3 is 0 Å². The summed E-state index contributed by atoms with van der Waals surface area (Å²) in [6, 6.07) is 7.88. The first-order valence-electron chi connectivity index (χ1n) is 7.66. The average molecular weight is 352 g/mol. The minimum atomic E-state index is 0.392. The molecule has 2 rings (SSSR count). The molecule has 0 bridgehead atoms. The number of H-pyrrole nitrogens is 1. The standard InChI is InChI=1S/C16H22ClN5S/c17-13-4-6-15(7-5-13)23-10-2-9-21-16(18)20-8-1-3-14-11-19-12-22-14/h4-7,11-12H,1-3,8-10H2,(H,19,22)(H3,18,20,21). The van der Waals surface area contributed by atoms with E-state index >= 15 is 0 Å². The van der Waals surface area contributed by atoms with E-state index in [9.17, 15) is 0 Å². The number of thioether (sulfide) groups is 1. The fraction of sp³-hybridized carbons (Fsp3) is 0.375. The van der Waals surface area contributed by atoms with Crippen LogP contribution in [-0.2, 0) is 6.42 Å². The van der Waals surface area contributed by atoms with Crippen molar-refractivity contribution in [3.63, 3.8) is 0 Å². The van der Waals surface area contributed by atoms with Crippen molar-refractivity contribution in [3.05, 3.63) is 47.5 Å². The molecule has 0 amide bonds. The molecule has 0 saturated heterocycles. The highest BCUT2D eigenvalue weighted by atomic mass is 35.5. The van der Waals surface area contributed by atoms with Gasteiger partial charge in [-0.15, -0.1) is 11.8 Å². The molecule has 0 aliphatic carbocycles. The van der Waals surface area contributed by atoms with Gasteiger partial charge in [0.2, 0.25) is 0 Å². The van der Waals surface area contributed by atoms with Gasteiger partial charge in [0, 0.05) is 29.2 Å². The van der Waals surface area contributed by atoms with Gasteiger partial charge in [-0.05, 0) is 49.3 Å². The maximum Gasteiger partial charge on any atom is 0.188 e. The molecule has 0 unspecified atom stereocenters. The highest BCUT2D eigenvalue weighted by Crippen LogP contribution is 2.20. The molecular formula is C16H22ClN5S. The lowest BCUT2D eigenvalue weighted by Gasteiger charge is -2.10. The molecule has 0 aliphatic heterocycles. The summed E-state index contributed by atoms with van der Waals surface area (Å²) in [6.45, 7) is 1.57. The van der Waals surface area contributed by atoms with Crippen LogP contribution in [0.3, 0.4) is 0 Å². The maximum absolute atomic E-state index is 7.80. The molecule has 0 saturated carbocycles. The fourth-order valence-corrected chi connectivity index (χ4v) is 2.96. The summed E-state index contributed by atoms with van der Waals surface area (Å²) in [4.78, 5) is 8.33. The van der Waals surface area contributed by atoms with Crippen LogP contribution < -0.4 is 10.6 Å². The molecule has 1 heterocycles. The van der Waals surface area contributed by atoms with E-state index in [-0.39, 0.29) is 0 Å². The van der Waals surface area contributed by atoms with Crippen LogP contribution in [0.25, 0.3) is 0 Å². The normalized spacial score (nSPS) is 10.5. The summed E-state index contributed by atoms with van der Waals surface area (Å²) >= 11 is 7.66. The number of nitrogens with one attached hydrogen (secondary N) is 4. The molecule has 124 valence electrons. The molecule has 0 spiro atoms. The van der Waals surface area contributed by atoms with Crippen LogP contribution in [0.5, 0.6) is 0 Å². The summed E-state index contributed by atoms with van der Waals surface area (Å²) in [5.41, 5.74) is 1.06. The SMILES string of the molecule is N=C(NCCCSc1ccc(Cl)cc1)NCCCc1c[nH]cn1. The van der Waals surface area contributed by atoms with Gasteiger partial charge in [-0.3, -0.25) is 5.41 Å². The first-order chi connectivity index (χ1) is 11.2. The molecule has 0 aliphatic rings. The second-order valence-electron chi connectivity index (χ2n) is 5.05. The Kier molecular flexibility index (Phi) is 7.83. The van der Waals surface area contributed by atoms with E-state index in [1.54, 1.807) is 18.1 Å². The minimum absolute atomic E-state index is 0.392. The number of guanidine groups is 1. The molecular weight excluding hydrogens is 330 g/mol. The highest BCUT2D eigenvalue weighted by Gasteiger charge is 1.98. The summed E-state index contributed by atoms with van der Waals surface area (Å²) in [5, 5.41) is 14.7. The Bertz CT molecular complexity index is 571. The van der Waals surface area contributed by atoms with E-state index in [2.05, 4.69) is 20.6 Å². The Balaban J connectivity index is 1.45. The summed E-state index contributed by atoms with van der Waals surface area (Å²) < 4.78 is 0. The first-order valence-corrected chi connectivity index (χ1v) is 9.03. The number of imidazole rings is 1. The molecule has 0 radical (unpaired) electrons. The minimum Gasteiger partial charge on any atom is -0.357 e. The van der Waals surface area contributed by atoms with Crippen LogP contribution in [0, 0.1) is 5.41 Å². The number of nitrogens with zero attached hydrogens (tertiary/aromatic N) is 1. The summed E-state index contributed by atoms with van der Waals surface area (Å²) in [5.74, 6) is 1.41. The maximum atomic E-state index is 7.80. The van der Waals surface area contributed by atoms with E-state index < -0.39 is 0 Å². The van der Waals surface area contributed by atoms with Crippen LogP contribution in [0.15, 0.2) is 41.7 Å². The van der Waals surface area contributed by atoms with Gasteiger partial charge in [0.05, 0.1) is 12.0 Å². The third-order valence-electron chi connectivity index (χ3n) is 3.17. The van der Waals surface area contributed by atoms with Gasteiger partial charge in [-0.1, -0.05) is 11.6 Å². The molecule has 7 heteroatoms. The van der Waals surface area contributed by atoms with E-state index in [1.807, 2.05) is 30.5 Å². The molecule has 1 aromatic carbocycles. The van der Waals surface area contributed by atoms with E-state index in [0.29, 0.717) is 5.96 Å². The topological polar surface area (TPSA) is 76.6 Å². The Hall–Kier alpha value is -1.66. The van der Waals surface area contributed by atoms with Gasteiger partial charge in [-0.25, -0.2) is 4.98 Å². The Morgan fingerprint density at radius 1 is 1.17 bits per heavy atom. The second-order valence-corrected chi connectivity index (χ2v) is 6.65. The molecule has 0 fully saturated rings. The number of hydrogen-bond donors (Lipinski definition) is 4. The van der Waals surface area contributed by atoms with Gasteiger partial charge in [0.15, 0.2) is 5.96 Å². The second kappa shape index (κ2) is 10.2. The zero-order chi connectivity index (χ0) is 16.3. The van der Waals surface area contributed by atoms with Gasteiger partial charge in [0.25, 0.3) is 0 Å². The smallest absolute Gasteiger partial charge is 0.188 e. The van der Waals surface area contributed by atoms with Crippen LogP contribution in [0.1, 0.15) is 18.5 Å². The van der Waals surface area contributed by atoms with E-state index in [4.69, 9.17) is 17.0 Å². The van der Waals surface area contributed by atoms with Crippen LogP contribution in [0.4, 0.5) is 0 Å². The summed E-state index contributed by atoms with van der Waals surface area (Å²) in [7, 11) is 0. The number of aryl methyl sites for hydroxylation is 1. The van der Waals surface area contributed by atoms with Crippen molar-refractivity contribution in [2.24, 2.45) is 0 Å². The van der Waals surface area contributed by atoms with E-state index in [0.717, 1.165) is 48.8 Å². The Morgan fingerprint density at radius 3 is 2.61 bits per heavy atom. The van der Waals surface area contributed by atoms with Crippen LogP contribution in [0.2, 0.25) is 5.02 Å². The largest absolute Gasteiger partial charge is 0.357 e. The van der Waals surface area contributed by atoms with Crippen molar-refractivity contribution in [2.75, 3.05) is 18.8 Å². The molecule has 0 atom stereocenters. The van der Waals surface area contributed by atoms with Crippen molar-refractivity contribution < 1.29 is 0 Å². The first kappa shape index (κ1) is 17.7. The van der Waals surface area contributed by atoms with Crippen molar-refractivity contribution in [2.45, 2.75) is 24.2 Å². The lowest BCUT2D eigenvalue weighted by molar-refractivity contribution is 0.727. The third-order valence-corrected chi connectivity index (χ3v) is 4.52. The van der Waals surface area contributed by atoms with Gasteiger partial charge in [0.1, 0.15) is 0 Å². The summed E-state index contributed by atoms with van der Waals surface area (Å²) in [6.07, 6.45) is 6.48. The number of rotatable bonds is 9. The zero-order valence-corrected chi connectivity index (χ0v) is 14.5. The number of hydrogen-bond acceptors (Lipinski definition) is 3. The monoisotopic (exact) mass is 351 g/mol. The number of benzene rings is 1. The Labute approximate surface area is 146 Å². The van der Waals surface area contributed by atoms with Crippen LogP contribution >= 0.6 is 23.4 Å². The number of aromatic nitrogens is 2. The van der Waals surface area contributed by atoms with Crippen molar-refractivity contribution in [1.29, 1.82) is 5.41 Å². The molecule has 23 heavy (non-hydrogen) atoms.